The molecule has 1 unspecified atom stereocenters. The normalized spacial score (nSPS) is 12.8. The van der Waals surface area contributed by atoms with Crippen LogP contribution in [0.5, 0.6) is 0 Å². The number of nitrogens with one attached hydrogen (secondary N) is 2. The van der Waals surface area contributed by atoms with Crippen LogP contribution in [0.3, 0.4) is 0 Å². The first-order chi connectivity index (χ1) is 13.2. The molecule has 0 aliphatic rings. The highest BCUT2D eigenvalue weighted by Gasteiger charge is 2.33. The number of aromatic nitrogens is 4. The molecule has 1 atom stereocenters. The Morgan fingerprint density at radius 2 is 2.18 bits per heavy atom. The van der Waals surface area contributed by atoms with Crippen molar-refractivity contribution < 1.29 is 18.0 Å². The molecule has 7 nitrogen and oxygen atoms in total. The average Bonchev–Trinajstić information content (AvgIpc) is 3.30. The highest BCUT2D eigenvalue weighted by molar-refractivity contribution is 7.13. The van der Waals surface area contributed by atoms with E-state index in [0.717, 1.165) is 12.1 Å². The van der Waals surface area contributed by atoms with Crippen molar-refractivity contribution in [2.24, 2.45) is 5.73 Å². The molecular formula is C16H14ClF3N6OS. The van der Waals surface area contributed by atoms with Crippen LogP contribution >= 0.6 is 22.9 Å². The number of hydrogen-bond donors (Lipinski definition) is 3. The number of aromatic amines is 1. The van der Waals surface area contributed by atoms with Gasteiger partial charge in [0.15, 0.2) is 10.8 Å². The van der Waals surface area contributed by atoms with Gasteiger partial charge in [-0.15, -0.1) is 11.3 Å². The summed E-state index contributed by atoms with van der Waals surface area (Å²) in [6, 6.07) is 2.62. The number of nitrogens with zero attached hydrogens (tertiary/aromatic N) is 3. The molecule has 0 aliphatic carbocycles. The van der Waals surface area contributed by atoms with Crippen LogP contribution in [0.15, 0.2) is 29.9 Å². The number of thiazole rings is 1. The number of benzene rings is 1. The van der Waals surface area contributed by atoms with Gasteiger partial charge < -0.3 is 11.1 Å². The van der Waals surface area contributed by atoms with Crippen molar-refractivity contribution in [3.8, 4) is 10.8 Å². The van der Waals surface area contributed by atoms with E-state index in [1.165, 1.54) is 23.7 Å². The molecule has 3 aromatic rings. The van der Waals surface area contributed by atoms with Crippen molar-refractivity contribution in [2.45, 2.75) is 18.6 Å². The molecule has 28 heavy (non-hydrogen) atoms. The van der Waals surface area contributed by atoms with Gasteiger partial charge in [0, 0.05) is 18.0 Å². The van der Waals surface area contributed by atoms with Crippen molar-refractivity contribution in [2.75, 3.05) is 6.54 Å². The van der Waals surface area contributed by atoms with E-state index in [9.17, 15) is 18.0 Å². The predicted octanol–water partition coefficient (Wildman–Crippen LogP) is 2.96. The summed E-state index contributed by atoms with van der Waals surface area (Å²) in [5.74, 6) is 0.150. The summed E-state index contributed by atoms with van der Waals surface area (Å²) >= 11 is 6.90. The van der Waals surface area contributed by atoms with E-state index in [1.54, 1.807) is 5.38 Å². The van der Waals surface area contributed by atoms with Crippen LogP contribution in [0.1, 0.15) is 22.9 Å². The molecule has 0 bridgehead atoms. The molecule has 1 aromatic carbocycles. The van der Waals surface area contributed by atoms with E-state index in [1.807, 2.05) is 0 Å². The lowest BCUT2D eigenvalue weighted by atomic mass is 10.0. The number of hydrogen-bond acceptors (Lipinski definition) is 6. The summed E-state index contributed by atoms with van der Waals surface area (Å²) in [5.41, 5.74) is 5.70. The Morgan fingerprint density at radius 1 is 1.39 bits per heavy atom. The molecule has 2 heterocycles. The molecular weight excluding hydrogens is 417 g/mol. The smallest absolute Gasteiger partial charge is 0.354 e. The zero-order valence-corrected chi connectivity index (χ0v) is 15.7. The number of halogens is 4. The second-order valence-corrected chi connectivity index (χ2v) is 7.07. The van der Waals surface area contributed by atoms with Crippen LogP contribution in [0.4, 0.5) is 13.2 Å². The molecule has 0 spiro atoms. The maximum Gasteiger partial charge on any atom is 0.417 e. The monoisotopic (exact) mass is 430 g/mol. The van der Waals surface area contributed by atoms with Gasteiger partial charge in [-0.25, -0.2) is 9.97 Å². The fraction of sp³-hybridized carbons (Fsp3) is 0.250. The van der Waals surface area contributed by atoms with E-state index in [2.05, 4.69) is 25.5 Å². The third kappa shape index (κ3) is 4.86. The van der Waals surface area contributed by atoms with E-state index in [0.29, 0.717) is 16.5 Å². The fourth-order valence-electron chi connectivity index (χ4n) is 2.36. The van der Waals surface area contributed by atoms with Crippen LogP contribution in [-0.2, 0) is 17.4 Å². The SMILES string of the molecule is NC(CNC(=O)Cc1csc(-c2ncn[nH]2)n1)c1ccc(Cl)c(C(F)(F)F)c1. The predicted molar refractivity (Wildman–Crippen MR) is 97.6 cm³/mol. The largest absolute Gasteiger partial charge is 0.417 e. The maximum absolute atomic E-state index is 12.9. The minimum absolute atomic E-state index is 0.00573. The number of H-pyrrole nitrogens is 1. The van der Waals surface area contributed by atoms with Crippen molar-refractivity contribution in [1.82, 2.24) is 25.5 Å². The Morgan fingerprint density at radius 3 is 2.86 bits per heavy atom. The third-order valence-electron chi connectivity index (χ3n) is 3.75. The summed E-state index contributed by atoms with van der Waals surface area (Å²) in [6.45, 7) is -0.0309. The first-order valence-electron chi connectivity index (χ1n) is 7.93. The number of carbonyl (C=O) groups excluding carboxylic acids is 1. The first kappa shape index (κ1) is 20.2. The molecule has 0 fully saturated rings. The lowest BCUT2D eigenvalue weighted by molar-refractivity contribution is -0.137. The fourth-order valence-corrected chi connectivity index (χ4v) is 3.35. The molecule has 4 N–H and O–H groups in total. The third-order valence-corrected chi connectivity index (χ3v) is 4.98. The van der Waals surface area contributed by atoms with Crippen molar-refractivity contribution >= 4 is 28.8 Å². The second-order valence-electron chi connectivity index (χ2n) is 5.80. The number of nitrogens with two attached hydrogens (primary N) is 1. The summed E-state index contributed by atoms with van der Waals surface area (Å²) in [4.78, 5) is 20.3. The quantitative estimate of drug-likeness (QED) is 0.557. The van der Waals surface area contributed by atoms with E-state index >= 15 is 0 Å². The van der Waals surface area contributed by atoms with Crippen LogP contribution in [0.2, 0.25) is 5.02 Å². The van der Waals surface area contributed by atoms with Crippen molar-refractivity contribution in [3.63, 3.8) is 0 Å². The van der Waals surface area contributed by atoms with E-state index in [-0.39, 0.29) is 24.4 Å². The summed E-state index contributed by atoms with van der Waals surface area (Å²) < 4.78 is 38.8. The van der Waals surface area contributed by atoms with E-state index in [4.69, 9.17) is 17.3 Å². The van der Waals surface area contributed by atoms with Crippen molar-refractivity contribution in [3.05, 3.63) is 51.7 Å². The molecule has 0 radical (unpaired) electrons. The summed E-state index contributed by atoms with van der Waals surface area (Å²) in [7, 11) is 0. The Balaban J connectivity index is 1.57. The molecule has 12 heteroatoms. The number of amides is 1. The lowest BCUT2D eigenvalue weighted by Crippen LogP contribution is -2.33. The minimum Gasteiger partial charge on any atom is -0.354 e. The van der Waals surface area contributed by atoms with Gasteiger partial charge in [-0.05, 0) is 17.7 Å². The zero-order chi connectivity index (χ0) is 20.3. The van der Waals surface area contributed by atoms with Gasteiger partial charge in [-0.2, -0.15) is 18.3 Å². The Bertz CT molecular complexity index is 960. The van der Waals surface area contributed by atoms with Crippen LogP contribution in [0, 0.1) is 0 Å². The maximum atomic E-state index is 12.9. The van der Waals surface area contributed by atoms with Gasteiger partial charge in [-0.3, -0.25) is 9.89 Å². The number of alkyl halides is 3. The van der Waals surface area contributed by atoms with Crippen LogP contribution in [-0.4, -0.2) is 32.6 Å². The minimum atomic E-state index is -4.58. The van der Waals surface area contributed by atoms with Gasteiger partial charge in [0.05, 0.1) is 22.7 Å². The van der Waals surface area contributed by atoms with E-state index < -0.39 is 22.8 Å². The Kier molecular flexibility index (Phi) is 5.96. The Labute approximate surface area is 166 Å². The van der Waals surface area contributed by atoms with Gasteiger partial charge in [0.25, 0.3) is 0 Å². The molecule has 0 saturated carbocycles. The number of rotatable bonds is 6. The molecule has 0 saturated heterocycles. The highest BCUT2D eigenvalue weighted by Crippen LogP contribution is 2.35. The highest BCUT2D eigenvalue weighted by atomic mass is 35.5. The first-order valence-corrected chi connectivity index (χ1v) is 9.19. The summed E-state index contributed by atoms with van der Waals surface area (Å²) in [5, 5.41) is 10.9. The topological polar surface area (TPSA) is 110 Å². The van der Waals surface area contributed by atoms with Crippen LogP contribution in [0.25, 0.3) is 10.8 Å². The van der Waals surface area contributed by atoms with Gasteiger partial charge in [-0.1, -0.05) is 17.7 Å². The lowest BCUT2D eigenvalue weighted by Gasteiger charge is -2.16. The molecule has 1 amide bonds. The average molecular weight is 431 g/mol. The molecule has 2 aromatic heterocycles. The van der Waals surface area contributed by atoms with Gasteiger partial charge >= 0.3 is 6.18 Å². The summed E-state index contributed by atoms with van der Waals surface area (Å²) in [6.07, 6.45) is -3.22. The molecule has 3 rings (SSSR count). The standard InChI is InChI=1S/C16H14ClF3N6OS/c17-11-2-1-8(3-10(11)16(18,19)20)12(21)5-22-13(27)4-9-6-28-15(25-9)14-23-7-24-26-14/h1-3,6-7,12H,4-5,21H2,(H,22,27)(H,23,24,26). The Hall–Kier alpha value is -2.50. The second kappa shape index (κ2) is 8.25. The number of carbonyl (C=O) groups is 1. The van der Waals surface area contributed by atoms with Gasteiger partial charge in [0.2, 0.25) is 5.91 Å². The van der Waals surface area contributed by atoms with Gasteiger partial charge in [0.1, 0.15) is 6.33 Å². The van der Waals surface area contributed by atoms with Crippen LogP contribution < -0.4 is 11.1 Å². The molecule has 148 valence electrons. The zero-order valence-electron chi connectivity index (χ0n) is 14.1. The molecule has 0 aliphatic heterocycles. The van der Waals surface area contributed by atoms with Crippen molar-refractivity contribution in [1.29, 1.82) is 0 Å².